The van der Waals surface area contributed by atoms with Crippen LogP contribution < -0.4 is 5.73 Å². The van der Waals surface area contributed by atoms with Crippen molar-refractivity contribution < 1.29 is 22.8 Å². The molecule has 0 radical (unpaired) electrons. The molecule has 6 nitrogen and oxygen atoms in total. The summed E-state index contributed by atoms with van der Waals surface area (Å²) in [6, 6.07) is 8.83. The highest BCUT2D eigenvalue weighted by molar-refractivity contribution is 7.09. The van der Waals surface area contributed by atoms with Crippen molar-refractivity contribution in [3.63, 3.8) is 0 Å². The number of likely N-dealkylation sites (tertiary alicyclic amines) is 1. The van der Waals surface area contributed by atoms with E-state index in [1.165, 1.54) is 22.3 Å². The minimum atomic E-state index is -4.54. The first-order chi connectivity index (χ1) is 18.1. The van der Waals surface area contributed by atoms with Crippen molar-refractivity contribution >= 4 is 23.2 Å². The number of thiazole rings is 1. The Kier molecular flexibility index (Phi) is 7.64. The number of alkyl halides is 3. The normalized spacial score (nSPS) is 21.9. The molecule has 0 saturated carbocycles. The Morgan fingerprint density at radius 3 is 2.18 bits per heavy atom. The molecule has 2 aromatic heterocycles. The Morgan fingerprint density at radius 2 is 1.72 bits per heavy atom. The van der Waals surface area contributed by atoms with Crippen LogP contribution in [0.3, 0.4) is 0 Å². The first-order valence-corrected chi connectivity index (χ1v) is 13.7. The number of halogens is 3. The van der Waals surface area contributed by atoms with E-state index in [0.717, 1.165) is 17.8 Å². The molecule has 3 heterocycles. The predicted molar refractivity (Wildman–Crippen MR) is 144 cm³/mol. The van der Waals surface area contributed by atoms with Crippen molar-refractivity contribution in [1.29, 1.82) is 0 Å². The molecule has 1 saturated heterocycles. The molecule has 1 aliphatic rings. The van der Waals surface area contributed by atoms with Crippen LogP contribution in [0.2, 0.25) is 0 Å². The van der Waals surface area contributed by atoms with Gasteiger partial charge in [0.15, 0.2) is 0 Å². The molecule has 0 spiro atoms. The van der Waals surface area contributed by atoms with Gasteiger partial charge in [0.05, 0.1) is 11.6 Å². The molecule has 4 rings (SSSR count). The highest BCUT2D eigenvalue weighted by Gasteiger charge is 2.59. The van der Waals surface area contributed by atoms with Crippen LogP contribution in [0.1, 0.15) is 91.6 Å². The van der Waals surface area contributed by atoms with Gasteiger partial charge in [-0.15, -0.1) is 11.3 Å². The van der Waals surface area contributed by atoms with Gasteiger partial charge in [-0.25, -0.2) is 4.98 Å². The van der Waals surface area contributed by atoms with E-state index in [0.29, 0.717) is 16.3 Å². The average molecular weight is 559 g/mol. The van der Waals surface area contributed by atoms with E-state index in [2.05, 4.69) is 30.7 Å². The van der Waals surface area contributed by atoms with Gasteiger partial charge < -0.3 is 10.6 Å². The lowest BCUT2D eigenvalue weighted by atomic mass is 9.82. The van der Waals surface area contributed by atoms with Gasteiger partial charge in [-0.2, -0.15) is 13.2 Å². The van der Waals surface area contributed by atoms with Gasteiger partial charge in [0.25, 0.3) is 5.91 Å². The van der Waals surface area contributed by atoms with Crippen LogP contribution in [0.25, 0.3) is 0 Å². The van der Waals surface area contributed by atoms with Gasteiger partial charge in [0.1, 0.15) is 10.5 Å². The zero-order valence-electron chi connectivity index (χ0n) is 22.6. The Morgan fingerprint density at radius 1 is 1.08 bits per heavy atom. The Balaban J connectivity index is 1.88. The van der Waals surface area contributed by atoms with Gasteiger partial charge in [-0.3, -0.25) is 14.6 Å². The second kappa shape index (κ2) is 10.4. The molecular formula is C29H33F3N4O2S. The molecule has 1 aromatic carbocycles. The van der Waals surface area contributed by atoms with Crippen LogP contribution in [-0.4, -0.2) is 32.2 Å². The maximum atomic E-state index is 14.3. The van der Waals surface area contributed by atoms with Gasteiger partial charge in [-0.05, 0) is 54.0 Å². The van der Waals surface area contributed by atoms with Gasteiger partial charge in [-0.1, -0.05) is 46.8 Å². The Hall–Kier alpha value is -3.27. The van der Waals surface area contributed by atoms with Crippen molar-refractivity contribution in [2.45, 2.75) is 76.6 Å². The first-order valence-electron chi connectivity index (χ1n) is 12.8. The van der Waals surface area contributed by atoms with E-state index in [4.69, 9.17) is 5.73 Å². The van der Waals surface area contributed by atoms with Crippen LogP contribution in [-0.2, 0) is 16.4 Å². The standard InChI is InChI=1S/C29H33F3N4O2S/c1-17(2)14-28(26(33)38)15-21(22-11-10-20(16-35-22)29(30,31)32)23(24-34-12-13-39-24)36(28)25(37)18-6-8-19(9-7-18)27(3,4)5/h6-13,16-17,21,23H,14-15H2,1-5H3,(H2,33,38)/t21-,23+,28-/m0/s1. The maximum Gasteiger partial charge on any atom is 0.417 e. The third-order valence-corrected chi connectivity index (χ3v) is 8.14. The number of carbonyl (C=O) groups is 2. The molecule has 0 bridgehead atoms. The van der Waals surface area contributed by atoms with E-state index in [1.54, 1.807) is 23.7 Å². The lowest BCUT2D eigenvalue weighted by Crippen LogP contribution is -2.57. The largest absolute Gasteiger partial charge is 0.417 e. The molecule has 208 valence electrons. The van der Waals surface area contributed by atoms with Crippen LogP contribution in [0.15, 0.2) is 54.2 Å². The number of nitrogens with two attached hydrogens (primary N) is 1. The number of hydrogen-bond donors (Lipinski definition) is 1. The van der Waals surface area contributed by atoms with Crippen molar-refractivity contribution in [2.24, 2.45) is 11.7 Å². The second-order valence-corrected chi connectivity index (χ2v) is 12.5. The fourth-order valence-corrected chi connectivity index (χ4v) is 6.28. The van der Waals surface area contributed by atoms with Crippen LogP contribution in [0, 0.1) is 5.92 Å². The number of carbonyl (C=O) groups excluding carboxylic acids is 2. The van der Waals surface area contributed by atoms with E-state index in [9.17, 15) is 22.8 Å². The van der Waals surface area contributed by atoms with Crippen molar-refractivity contribution in [1.82, 2.24) is 14.9 Å². The first kappa shape index (κ1) is 28.7. The van der Waals surface area contributed by atoms with Gasteiger partial charge in [0.2, 0.25) is 5.91 Å². The summed E-state index contributed by atoms with van der Waals surface area (Å²) in [4.78, 5) is 37.8. The minimum Gasteiger partial charge on any atom is -0.368 e. The summed E-state index contributed by atoms with van der Waals surface area (Å²) in [5.74, 6) is -1.65. The van der Waals surface area contributed by atoms with Crippen LogP contribution in [0.4, 0.5) is 13.2 Å². The summed E-state index contributed by atoms with van der Waals surface area (Å²) < 4.78 is 39.8. The molecular weight excluding hydrogens is 525 g/mol. The molecule has 1 aliphatic heterocycles. The lowest BCUT2D eigenvalue weighted by Gasteiger charge is -2.39. The molecule has 3 atom stereocenters. The highest BCUT2D eigenvalue weighted by Crippen LogP contribution is 2.54. The number of pyridine rings is 1. The fraction of sp³-hybridized carbons (Fsp3) is 0.448. The van der Waals surface area contributed by atoms with Crippen molar-refractivity contribution in [2.75, 3.05) is 0 Å². The topological polar surface area (TPSA) is 89.2 Å². The summed E-state index contributed by atoms with van der Waals surface area (Å²) in [6.45, 7) is 10.1. The zero-order valence-corrected chi connectivity index (χ0v) is 23.4. The van der Waals surface area contributed by atoms with E-state index < -0.39 is 35.1 Å². The predicted octanol–water partition coefficient (Wildman–Crippen LogP) is 6.50. The number of aromatic nitrogens is 2. The quantitative estimate of drug-likeness (QED) is 0.374. The maximum absolute atomic E-state index is 14.3. The minimum absolute atomic E-state index is 0.00711. The Bertz CT molecular complexity index is 1320. The second-order valence-electron chi connectivity index (χ2n) is 11.6. The average Bonchev–Trinajstić information content (AvgIpc) is 3.49. The number of rotatable bonds is 6. The number of benzene rings is 1. The van der Waals surface area contributed by atoms with E-state index in [-0.39, 0.29) is 30.1 Å². The van der Waals surface area contributed by atoms with Crippen molar-refractivity contribution in [3.05, 3.63) is 81.6 Å². The summed E-state index contributed by atoms with van der Waals surface area (Å²) in [6.07, 6.45) is -1.74. The fourth-order valence-electron chi connectivity index (χ4n) is 5.49. The van der Waals surface area contributed by atoms with Crippen molar-refractivity contribution in [3.8, 4) is 0 Å². The molecule has 2 amide bonds. The molecule has 0 unspecified atom stereocenters. The summed E-state index contributed by atoms with van der Waals surface area (Å²) in [5.41, 5.74) is 5.49. The third kappa shape index (κ3) is 5.57. The number of nitrogens with zero attached hydrogens (tertiary/aromatic N) is 3. The SMILES string of the molecule is CC(C)C[C@@]1(C(N)=O)C[C@@H](c2ccc(C(F)(F)F)cn2)[C@H](c2nccs2)N1C(=O)c1ccc(C(C)(C)C)cc1. The Labute approximate surface area is 230 Å². The zero-order chi connectivity index (χ0) is 28.8. The van der Waals surface area contributed by atoms with Gasteiger partial charge >= 0.3 is 6.18 Å². The number of hydrogen-bond acceptors (Lipinski definition) is 5. The monoisotopic (exact) mass is 558 g/mol. The summed E-state index contributed by atoms with van der Waals surface area (Å²) in [7, 11) is 0. The molecule has 2 N–H and O–H groups in total. The molecule has 3 aromatic rings. The molecule has 0 aliphatic carbocycles. The summed E-state index contributed by atoms with van der Waals surface area (Å²) >= 11 is 1.31. The van der Waals surface area contributed by atoms with E-state index in [1.807, 2.05) is 26.0 Å². The molecule has 39 heavy (non-hydrogen) atoms. The van der Waals surface area contributed by atoms with E-state index >= 15 is 0 Å². The summed E-state index contributed by atoms with van der Waals surface area (Å²) in [5, 5.41) is 2.33. The highest BCUT2D eigenvalue weighted by atomic mass is 32.1. The molecule has 1 fully saturated rings. The van der Waals surface area contributed by atoms with Crippen LogP contribution >= 0.6 is 11.3 Å². The lowest BCUT2D eigenvalue weighted by molar-refractivity contribution is -0.137. The smallest absolute Gasteiger partial charge is 0.368 e. The third-order valence-electron chi connectivity index (χ3n) is 7.30. The molecule has 10 heteroatoms. The van der Waals surface area contributed by atoms with Gasteiger partial charge in [0, 0.05) is 34.9 Å². The van der Waals surface area contributed by atoms with Crippen LogP contribution in [0.5, 0.6) is 0 Å². The number of amides is 2. The number of primary amides is 1.